The number of aliphatic hydroxyl groups excluding tert-OH is 2. The van der Waals surface area contributed by atoms with E-state index in [4.69, 9.17) is 5.73 Å². The lowest BCUT2D eigenvalue weighted by Crippen LogP contribution is -2.34. The van der Waals surface area contributed by atoms with Crippen molar-refractivity contribution in [1.82, 2.24) is 5.32 Å². The quantitative estimate of drug-likeness (QED) is 0.553. The van der Waals surface area contributed by atoms with Crippen LogP contribution >= 0.6 is 0 Å². The summed E-state index contributed by atoms with van der Waals surface area (Å²) in [4.78, 5) is 10.8. The number of hydrogen-bond donors (Lipinski definition) is 4. The van der Waals surface area contributed by atoms with Gasteiger partial charge >= 0.3 is 0 Å². The first-order chi connectivity index (χ1) is 8.09. The van der Waals surface area contributed by atoms with E-state index in [1.165, 1.54) is 5.56 Å². The molecule has 5 heteroatoms. The normalized spacial score (nSPS) is 18.2. The lowest BCUT2D eigenvalue weighted by Gasteiger charge is -2.20. The summed E-state index contributed by atoms with van der Waals surface area (Å²) < 4.78 is 0. The molecule has 2 unspecified atom stereocenters. The molecular formula is C12H16N2O3. The van der Waals surface area contributed by atoms with Gasteiger partial charge in [0.05, 0.1) is 0 Å². The SMILES string of the molecule is NC(=O)C(O)C(O)c1ccc2c(c1)CCNC2. The van der Waals surface area contributed by atoms with Crippen LogP contribution in [0.2, 0.25) is 0 Å². The van der Waals surface area contributed by atoms with Crippen molar-refractivity contribution in [3.63, 3.8) is 0 Å². The highest BCUT2D eigenvalue weighted by molar-refractivity contribution is 5.79. The molecule has 2 rings (SSSR count). The molecule has 92 valence electrons. The van der Waals surface area contributed by atoms with Crippen LogP contribution in [0.25, 0.3) is 0 Å². The number of primary amides is 1. The molecule has 0 saturated heterocycles. The van der Waals surface area contributed by atoms with Crippen molar-refractivity contribution in [3.8, 4) is 0 Å². The number of rotatable bonds is 3. The molecule has 0 spiro atoms. The van der Waals surface area contributed by atoms with Gasteiger partial charge in [0.25, 0.3) is 0 Å². The van der Waals surface area contributed by atoms with Crippen LogP contribution in [-0.4, -0.2) is 28.8 Å². The van der Waals surface area contributed by atoms with E-state index >= 15 is 0 Å². The average molecular weight is 236 g/mol. The van der Waals surface area contributed by atoms with E-state index in [1.807, 2.05) is 12.1 Å². The summed E-state index contributed by atoms with van der Waals surface area (Å²) in [6, 6.07) is 5.43. The number of nitrogens with one attached hydrogen (secondary N) is 1. The minimum atomic E-state index is -1.56. The van der Waals surface area contributed by atoms with Crippen molar-refractivity contribution in [2.24, 2.45) is 5.73 Å². The number of aliphatic hydroxyl groups is 2. The van der Waals surface area contributed by atoms with E-state index in [0.29, 0.717) is 5.56 Å². The third kappa shape index (κ3) is 2.46. The highest BCUT2D eigenvalue weighted by Gasteiger charge is 2.24. The van der Waals surface area contributed by atoms with Gasteiger partial charge in [-0.05, 0) is 29.7 Å². The van der Waals surface area contributed by atoms with Crippen LogP contribution < -0.4 is 11.1 Å². The lowest BCUT2D eigenvalue weighted by atomic mass is 9.95. The number of benzene rings is 1. The summed E-state index contributed by atoms with van der Waals surface area (Å²) >= 11 is 0. The van der Waals surface area contributed by atoms with Crippen molar-refractivity contribution < 1.29 is 15.0 Å². The van der Waals surface area contributed by atoms with Gasteiger partial charge < -0.3 is 21.3 Å². The van der Waals surface area contributed by atoms with E-state index in [-0.39, 0.29) is 0 Å². The van der Waals surface area contributed by atoms with Crippen LogP contribution in [0.5, 0.6) is 0 Å². The molecule has 5 nitrogen and oxygen atoms in total. The Hall–Kier alpha value is -1.43. The number of amides is 1. The molecule has 2 atom stereocenters. The molecule has 0 radical (unpaired) electrons. The van der Waals surface area contributed by atoms with Gasteiger partial charge in [0, 0.05) is 6.54 Å². The van der Waals surface area contributed by atoms with Crippen molar-refractivity contribution in [2.45, 2.75) is 25.2 Å². The molecule has 1 amide bonds. The van der Waals surface area contributed by atoms with Gasteiger partial charge in [-0.2, -0.15) is 0 Å². The maximum absolute atomic E-state index is 10.8. The van der Waals surface area contributed by atoms with Gasteiger partial charge in [0.1, 0.15) is 6.10 Å². The van der Waals surface area contributed by atoms with E-state index in [9.17, 15) is 15.0 Å². The molecule has 1 aromatic carbocycles. The van der Waals surface area contributed by atoms with Crippen molar-refractivity contribution in [3.05, 3.63) is 34.9 Å². The highest BCUT2D eigenvalue weighted by atomic mass is 16.3. The van der Waals surface area contributed by atoms with Crippen LogP contribution in [0, 0.1) is 0 Å². The summed E-state index contributed by atoms with van der Waals surface area (Å²) in [5, 5.41) is 22.5. The Bertz CT molecular complexity index is 434. The zero-order valence-electron chi connectivity index (χ0n) is 9.39. The summed E-state index contributed by atoms with van der Waals surface area (Å²) in [5.41, 5.74) is 7.80. The first-order valence-corrected chi connectivity index (χ1v) is 5.57. The number of carbonyl (C=O) groups is 1. The van der Waals surface area contributed by atoms with E-state index in [2.05, 4.69) is 5.32 Å². The Morgan fingerprint density at radius 2 is 2.12 bits per heavy atom. The largest absolute Gasteiger partial charge is 0.385 e. The van der Waals surface area contributed by atoms with Crippen LogP contribution in [0.1, 0.15) is 22.8 Å². The van der Waals surface area contributed by atoms with Gasteiger partial charge in [-0.3, -0.25) is 4.79 Å². The molecule has 0 bridgehead atoms. The molecule has 0 saturated carbocycles. The second-order valence-electron chi connectivity index (χ2n) is 4.25. The Morgan fingerprint density at radius 3 is 2.82 bits per heavy atom. The van der Waals surface area contributed by atoms with Crippen LogP contribution in [0.3, 0.4) is 0 Å². The van der Waals surface area contributed by atoms with Crippen LogP contribution in [-0.2, 0) is 17.8 Å². The maximum Gasteiger partial charge on any atom is 0.249 e. The average Bonchev–Trinajstić information content (AvgIpc) is 2.36. The second-order valence-corrected chi connectivity index (χ2v) is 4.25. The molecule has 0 aromatic heterocycles. The Balaban J connectivity index is 2.24. The number of nitrogens with two attached hydrogens (primary N) is 1. The molecule has 0 fully saturated rings. The van der Waals surface area contributed by atoms with Crippen molar-refractivity contribution in [1.29, 1.82) is 0 Å². The molecule has 17 heavy (non-hydrogen) atoms. The first kappa shape index (κ1) is 12.0. The van der Waals surface area contributed by atoms with Crippen molar-refractivity contribution in [2.75, 3.05) is 6.54 Å². The van der Waals surface area contributed by atoms with Crippen molar-refractivity contribution >= 4 is 5.91 Å². The van der Waals surface area contributed by atoms with E-state index in [0.717, 1.165) is 25.1 Å². The molecule has 1 aromatic rings. The van der Waals surface area contributed by atoms with Crippen LogP contribution in [0.4, 0.5) is 0 Å². The predicted octanol–water partition coefficient (Wildman–Crippen LogP) is -0.788. The predicted molar refractivity (Wildman–Crippen MR) is 62.0 cm³/mol. The standard InChI is InChI=1S/C12H16N2O3/c13-12(17)11(16)10(15)8-1-2-9-6-14-4-3-7(9)5-8/h1-2,5,10-11,14-16H,3-4,6H2,(H2,13,17). The number of carbonyl (C=O) groups excluding carboxylic acids is 1. The lowest BCUT2D eigenvalue weighted by molar-refractivity contribution is -0.131. The Kier molecular flexibility index (Phi) is 3.42. The molecular weight excluding hydrogens is 220 g/mol. The Labute approximate surface area is 99.3 Å². The zero-order chi connectivity index (χ0) is 12.4. The Morgan fingerprint density at radius 1 is 1.35 bits per heavy atom. The minimum Gasteiger partial charge on any atom is -0.385 e. The molecule has 0 aliphatic carbocycles. The fourth-order valence-corrected chi connectivity index (χ4v) is 2.02. The van der Waals surface area contributed by atoms with Gasteiger partial charge in [0.15, 0.2) is 6.10 Å². The first-order valence-electron chi connectivity index (χ1n) is 5.57. The fourth-order valence-electron chi connectivity index (χ4n) is 2.02. The third-order valence-electron chi connectivity index (χ3n) is 3.05. The third-order valence-corrected chi connectivity index (χ3v) is 3.05. The molecule has 1 heterocycles. The topological polar surface area (TPSA) is 95.6 Å². The van der Waals surface area contributed by atoms with Gasteiger partial charge in [-0.1, -0.05) is 18.2 Å². The maximum atomic E-state index is 10.8. The van der Waals surface area contributed by atoms with Gasteiger partial charge in [-0.15, -0.1) is 0 Å². The highest BCUT2D eigenvalue weighted by Crippen LogP contribution is 2.22. The van der Waals surface area contributed by atoms with Crippen LogP contribution in [0.15, 0.2) is 18.2 Å². The van der Waals surface area contributed by atoms with Gasteiger partial charge in [0.2, 0.25) is 5.91 Å². The molecule has 5 N–H and O–H groups in total. The minimum absolute atomic E-state index is 0.525. The monoisotopic (exact) mass is 236 g/mol. The smallest absolute Gasteiger partial charge is 0.249 e. The summed E-state index contributed by atoms with van der Waals surface area (Å²) in [5.74, 6) is -0.920. The second kappa shape index (κ2) is 4.83. The summed E-state index contributed by atoms with van der Waals surface area (Å²) in [6.07, 6.45) is -1.94. The van der Waals surface area contributed by atoms with E-state index in [1.54, 1.807) is 6.07 Å². The molecule has 1 aliphatic rings. The zero-order valence-corrected chi connectivity index (χ0v) is 9.39. The van der Waals surface area contributed by atoms with Gasteiger partial charge in [-0.25, -0.2) is 0 Å². The molecule has 1 aliphatic heterocycles. The summed E-state index contributed by atoms with van der Waals surface area (Å²) in [6.45, 7) is 1.70. The number of hydrogen-bond acceptors (Lipinski definition) is 4. The summed E-state index contributed by atoms with van der Waals surface area (Å²) in [7, 11) is 0. The number of fused-ring (bicyclic) bond motifs is 1. The van der Waals surface area contributed by atoms with E-state index < -0.39 is 18.1 Å². The fraction of sp³-hybridized carbons (Fsp3) is 0.417.